The lowest BCUT2D eigenvalue weighted by Gasteiger charge is -2.17. The standard InChI is InChI=1S/C4H4O3.C4H10O3/c5-3-1-2-4(6)7-3;1-3(5)4(2,6)7/h1-2H2;3,5-7H,1-2H3. The molecule has 0 saturated carbocycles. The van der Waals surface area contributed by atoms with Crippen molar-refractivity contribution in [2.24, 2.45) is 0 Å². The summed E-state index contributed by atoms with van der Waals surface area (Å²) in [5.74, 6) is -2.74. The number of esters is 2. The highest BCUT2D eigenvalue weighted by Crippen LogP contribution is 2.04. The molecule has 1 heterocycles. The van der Waals surface area contributed by atoms with Crippen LogP contribution in [0, 0.1) is 0 Å². The van der Waals surface area contributed by atoms with Crippen molar-refractivity contribution in [3.05, 3.63) is 0 Å². The average Bonchev–Trinajstić information content (AvgIpc) is 2.33. The van der Waals surface area contributed by atoms with Crippen molar-refractivity contribution in [1.29, 1.82) is 0 Å². The van der Waals surface area contributed by atoms with Gasteiger partial charge in [0.2, 0.25) is 0 Å². The summed E-state index contributed by atoms with van der Waals surface area (Å²) in [6, 6.07) is 0. The molecule has 0 aliphatic carbocycles. The molecule has 6 heteroatoms. The van der Waals surface area contributed by atoms with Gasteiger partial charge in [-0.1, -0.05) is 0 Å². The van der Waals surface area contributed by atoms with Gasteiger partial charge in [0.1, 0.15) is 6.10 Å². The Morgan fingerprint density at radius 3 is 1.64 bits per heavy atom. The van der Waals surface area contributed by atoms with E-state index in [0.29, 0.717) is 0 Å². The van der Waals surface area contributed by atoms with Crippen LogP contribution in [0.5, 0.6) is 0 Å². The largest absolute Gasteiger partial charge is 0.393 e. The molecule has 1 fully saturated rings. The number of aliphatic hydroxyl groups excluding tert-OH is 1. The molecular weight excluding hydrogens is 192 g/mol. The van der Waals surface area contributed by atoms with E-state index in [1.165, 1.54) is 6.92 Å². The number of carbonyl (C=O) groups excluding carboxylic acids is 2. The molecule has 1 unspecified atom stereocenters. The van der Waals surface area contributed by atoms with Crippen LogP contribution in [0.1, 0.15) is 26.7 Å². The third-order valence-electron chi connectivity index (χ3n) is 1.55. The molecule has 1 saturated heterocycles. The summed E-state index contributed by atoms with van der Waals surface area (Å²) < 4.78 is 4.08. The third kappa shape index (κ3) is 5.63. The predicted octanol–water partition coefficient (Wildman–Crippen LogP) is -1.08. The Hall–Kier alpha value is -0.980. The summed E-state index contributed by atoms with van der Waals surface area (Å²) >= 11 is 0. The third-order valence-corrected chi connectivity index (χ3v) is 1.55. The van der Waals surface area contributed by atoms with Crippen LogP contribution in [-0.4, -0.2) is 39.1 Å². The lowest BCUT2D eigenvalue weighted by atomic mass is 10.2. The zero-order valence-electron chi connectivity index (χ0n) is 8.06. The van der Waals surface area contributed by atoms with Gasteiger partial charge in [-0.25, -0.2) is 0 Å². The summed E-state index contributed by atoms with van der Waals surface area (Å²) in [6.07, 6.45) is -0.565. The van der Waals surface area contributed by atoms with E-state index in [-0.39, 0.29) is 12.8 Å². The Labute approximate surface area is 81.1 Å². The lowest BCUT2D eigenvalue weighted by molar-refractivity contribution is -0.205. The minimum absolute atomic E-state index is 0.263. The van der Waals surface area contributed by atoms with E-state index >= 15 is 0 Å². The molecule has 1 aliphatic rings. The minimum atomic E-state index is -1.94. The van der Waals surface area contributed by atoms with Gasteiger partial charge in [-0.2, -0.15) is 0 Å². The van der Waals surface area contributed by atoms with Gasteiger partial charge >= 0.3 is 11.9 Å². The van der Waals surface area contributed by atoms with Crippen LogP contribution in [0.2, 0.25) is 0 Å². The molecule has 0 aromatic rings. The summed E-state index contributed by atoms with van der Waals surface area (Å²) in [5.41, 5.74) is 0. The van der Waals surface area contributed by atoms with Gasteiger partial charge in [0, 0.05) is 0 Å². The molecule has 14 heavy (non-hydrogen) atoms. The van der Waals surface area contributed by atoms with Gasteiger partial charge in [-0.05, 0) is 13.8 Å². The number of hydrogen-bond acceptors (Lipinski definition) is 6. The second-order valence-electron chi connectivity index (χ2n) is 3.12. The quantitative estimate of drug-likeness (QED) is 0.286. The number of carbonyl (C=O) groups is 2. The van der Waals surface area contributed by atoms with Crippen LogP contribution < -0.4 is 0 Å². The molecule has 1 aliphatic heterocycles. The molecular formula is C8H14O6. The molecule has 0 aromatic heterocycles. The lowest BCUT2D eigenvalue weighted by Crippen LogP contribution is -2.36. The fourth-order valence-electron chi connectivity index (χ4n) is 0.433. The van der Waals surface area contributed by atoms with Gasteiger partial charge in [0.25, 0.3) is 0 Å². The van der Waals surface area contributed by atoms with Crippen molar-refractivity contribution in [3.63, 3.8) is 0 Å². The second-order valence-corrected chi connectivity index (χ2v) is 3.12. The molecule has 82 valence electrons. The van der Waals surface area contributed by atoms with Crippen LogP contribution in [0.25, 0.3) is 0 Å². The van der Waals surface area contributed by atoms with Crippen LogP contribution in [-0.2, 0) is 14.3 Å². The highest BCUT2D eigenvalue weighted by molar-refractivity contribution is 5.92. The van der Waals surface area contributed by atoms with E-state index in [2.05, 4.69) is 4.74 Å². The first kappa shape index (κ1) is 13.0. The topological polar surface area (TPSA) is 104 Å². The van der Waals surface area contributed by atoms with Crippen molar-refractivity contribution in [2.75, 3.05) is 0 Å². The smallest absolute Gasteiger partial charge is 0.314 e. The highest BCUT2D eigenvalue weighted by atomic mass is 16.6. The predicted molar refractivity (Wildman–Crippen MR) is 44.9 cm³/mol. The molecule has 3 N–H and O–H groups in total. The van der Waals surface area contributed by atoms with Crippen LogP contribution >= 0.6 is 0 Å². The zero-order chi connectivity index (χ0) is 11.4. The Balaban J connectivity index is 0.000000241. The first-order valence-electron chi connectivity index (χ1n) is 4.10. The van der Waals surface area contributed by atoms with Crippen molar-refractivity contribution in [3.8, 4) is 0 Å². The highest BCUT2D eigenvalue weighted by Gasteiger charge is 2.21. The maximum atomic E-state index is 10.0. The number of rotatable bonds is 1. The number of ether oxygens (including phenoxy) is 1. The monoisotopic (exact) mass is 206 g/mol. The van der Waals surface area contributed by atoms with E-state index in [1.807, 2.05) is 0 Å². The zero-order valence-corrected chi connectivity index (χ0v) is 8.06. The molecule has 0 amide bonds. The Morgan fingerprint density at radius 1 is 1.29 bits per heavy atom. The van der Waals surface area contributed by atoms with Gasteiger partial charge in [0.05, 0.1) is 12.8 Å². The molecule has 0 bridgehead atoms. The number of hydrogen-bond donors (Lipinski definition) is 3. The van der Waals surface area contributed by atoms with Gasteiger partial charge < -0.3 is 20.1 Å². The first-order valence-corrected chi connectivity index (χ1v) is 4.10. The Bertz CT molecular complexity index is 200. The van der Waals surface area contributed by atoms with Crippen molar-refractivity contribution in [1.82, 2.24) is 0 Å². The SMILES string of the molecule is CC(O)C(C)(O)O.O=C1CCC(=O)O1. The van der Waals surface area contributed by atoms with E-state index in [4.69, 9.17) is 15.3 Å². The van der Waals surface area contributed by atoms with Gasteiger partial charge in [-0.3, -0.25) is 9.59 Å². The summed E-state index contributed by atoms with van der Waals surface area (Å²) in [7, 11) is 0. The van der Waals surface area contributed by atoms with Gasteiger partial charge in [-0.15, -0.1) is 0 Å². The van der Waals surface area contributed by atoms with Crippen LogP contribution in [0.3, 0.4) is 0 Å². The molecule has 1 rings (SSSR count). The minimum Gasteiger partial charge on any atom is -0.393 e. The Kier molecular flexibility index (Phi) is 4.69. The molecule has 0 spiro atoms. The Morgan fingerprint density at radius 2 is 1.57 bits per heavy atom. The molecule has 1 atom stereocenters. The fraction of sp³-hybridized carbons (Fsp3) is 0.750. The number of aliphatic hydroxyl groups is 3. The van der Waals surface area contributed by atoms with Crippen LogP contribution in [0.15, 0.2) is 0 Å². The summed E-state index contributed by atoms with van der Waals surface area (Å²) in [4.78, 5) is 20.0. The molecule has 6 nitrogen and oxygen atoms in total. The van der Waals surface area contributed by atoms with E-state index < -0.39 is 23.8 Å². The average molecular weight is 206 g/mol. The van der Waals surface area contributed by atoms with Crippen molar-refractivity contribution >= 4 is 11.9 Å². The fourth-order valence-corrected chi connectivity index (χ4v) is 0.433. The normalized spacial score (nSPS) is 18.4. The van der Waals surface area contributed by atoms with Crippen molar-refractivity contribution < 1.29 is 29.6 Å². The summed E-state index contributed by atoms with van der Waals surface area (Å²) in [6.45, 7) is 2.43. The maximum absolute atomic E-state index is 10.0. The van der Waals surface area contributed by atoms with Crippen molar-refractivity contribution in [2.45, 2.75) is 38.6 Å². The number of cyclic esters (lactones) is 2. The maximum Gasteiger partial charge on any atom is 0.314 e. The van der Waals surface area contributed by atoms with Gasteiger partial charge in [0.15, 0.2) is 5.79 Å². The van der Waals surface area contributed by atoms with E-state index in [0.717, 1.165) is 6.92 Å². The summed E-state index contributed by atoms with van der Waals surface area (Å²) in [5, 5.41) is 25.2. The molecule has 0 radical (unpaired) electrons. The second kappa shape index (κ2) is 5.04. The van der Waals surface area contributed by atoms with Crippen LogP contribution in [0.4, 0.5) is 0 Å². The first-order chi connectivity index (χ1) is 6.23. The molecule has 0 aromatic carbocycles. The van der Waals surface area contributed by atoms with E-state index in [9.17, 15) is 9.59 Å². The van der Waals surface area contributed by atoms with E-state index in [1.54, 1.807) is 0 Å².